The molecule has 0 aromatic carbocycles. The average Bonchev–Trinajstić information content (AvgIpc) is 2.61. The van der Waals surface area contributed by atoms with Gasteiger partial charge in [0, 0.05) is 19.6 Å². The fourth-order valence-corrected chi connectivity index (χ4v) is 3.34. The summed E-state index contributed by atoms with van der Waals surface area (Å²) in [5, 5.41) is 9.27. The molecule has 3 atom stereocenters. The van der Waals surface area contributed by atoms with E-state index in [0.29, 0.717) is 12.3 Å². The first-order chi connectivity index (χ1) is 8.99. The van der Waals surface area contributed by atoms with Crippen molar-refractivity contribution in [2.24, 2.45) is 17.8 Å². The van der Waals surface area contributed by atoms with Gasteiger partial charge in [0.2, 0.25) is 5.91 Å². The lowest BCUT2D eigenvalue weighted by Gasteiger charge is -2.26. The molecule has 19 heavy (non-hydrogen) atoms. The Morgan fingerprint density at radius 2 is 1.74 bits per heavy atom. The molecule has 5 heteroatoms. The van der Waals surface area contributed by atoms with E-state index in [2.05, 4.69) is 11.9 Å². The van der Waals surface area contributed by atoms with E-state index in [4.69, 9.17) is 0 Å². The molecule has 1 amide bonds. The van der Waals surface area contributed by atoms with Crippen molar-refractivity contribution in [1.82, 2.24) is 9.80 Å². The number of nitrogens with zero attached hydrogens (tertiary/aromatic N) is 2. The second kappa shape index (κ2) is 5.90. The number of carboxylic acid groups (broad SMARTS) is 1. The molecule has 0 spiro atoms. The van der Waals surface area contributed by atoms with Gasteiger partial charge in [-0.1, -0.05) is 6.92 Å². The zero-order chi connectivity index (χ0) is 14.0. The van der Waals surface area contributed by atoms with Crippen LogP contribution in [-0.4, -0.2) is 60.0 Å². The third kappa shape index (κ3) is 3.26. The predicted molar refractivity (Wildman–Crippen MR) is 71.7 cm³/mol. The topological polar surface area (TPSA) is 60.9 Å². The lowest BCUT2D eigenvalue weighted by molar-refractivity contribution is -0.149. The fourth-order valence-electron chi connectivity index (χ4n) is 3.34. The largest absolute Gasteiger partial charge is 0.481 e. The number of carbonyl (C=O) groups is 2. The van der Waals surface area contributed by atoms with Gasteiger partial charge in [0.05, 0.1) is 11.8 Å². The SMILES string of the molecule is CC1C[C@H](C(=O)N2CCCN(C)CC2)[C@H](C(=O)O)C1. The molecule has 1 unspecified atom stereocenters. The molecule has 2 aliphatic rings. The van der Waals surface area contributed by atoms with Crippen molar-refractivity contribution in [1.29, 1.82) is 0 Å². The van der Waals surface area contributed by atoms with Gasteiger partial charge in [0.1, 0.15) is 0 Å². The van der Waals surface area contributed by atoms with Crippen LogP contribution in [0, 0.1) is 17.8 Å². The van der Waals surface area contributed by atoms with Crippen molar-refractivity contribution in [3.05, 3.63) is 0 Å². The first-order valence-corrected chi connectivity index (χ1v) is 7.19. The minimum atomic E-state index is -0.811. The smallest absolute Gasteiger partial charge is 0.307 e. The van der Waals surface area contributed by atoms with E-state index >= 15 is 0 Å². The summed E-state index contributed by atoms with van der Waals surface area (Å²) in [6.45, 7) is 5.42. The van der Waals surface area contributed by atoms with Crippen molar-refractivity contribution in [3.63, 3.8) is 0 Å². The van der Waals surface area contributed by atoms with Gasteiger partial charge in [0.15, 0.2) is 0 Å². The summed E-state index contributed by atoms with van der Waals surface area (Å²) in [6, 6.07) is 0. The number of carbonyl (C=O) groups excluding carboxylic acids is 1. The number of hydrogen-bond donors (Lipinski definition) is 1. The Bertz CT molecular complexity index is 359. The maximum Gasteiger partial charge on any atom is 0.307 e. The van der Waals surface area contributed by atoms with Gasteiger partial charge in [-0.15, -0.1) is 0 Å². The van der Waals surface area contributed by atoms with E-state index in [1.807, 2.05) is 11.8 Å². The number of aliphatic carboxylic acids is 1. The summed E-state index contributed by atoms with van der Waals surface area (Å²) in [5.41, 5.74) is 0. The van der Waals surface area contributed by atoms with Crippen LogP contribution in [0.4, 0.5) is 0 Å². The molecule has 1 N–H and O–H groups in total. The van der Waals surface area contributed by atoms with Crippen LogP contribution < -0.4 is 0 Å². The second-order valence-electron chi connectivity index (χ2n) is 6.11. The molecular formula is C14H24N2O3. The summed E-state index contributed by atoms with van der Waals surface area (Å²) in [5.74, 6) is -1.20. The Morgan fingerprint density at radius 1 is 1.05 bits per heavy atom. The van der Waals surface area contributed by atoms with Crippen LogP contribution >= 0.6 is 0 Å². The quantitative estimate of drug-likeness (QED) is 0.808. The average molecular weight is 268 g/mol. The molecule has 108 valence electrons. The van der Waals surface area contributed by atoms with Crippen LogP contribution in [0.2, 0.25) is 0 Å². The molecular weight excluding hydrogens is 244 g/mol. The first kappa shape index (κ1) is 14.3. The van der Waals surface area contributed by atoms with Gasteiger partial charge in [-0.3, -0.25) is 9.59 Å². The van der Waals surface area contributed by atoms with Crippen LogP contribution in [0.25, 0.3) is 0 Å². The number of likely N-dealkylation sites (N-methyl/N-ethyl adjacent to an activating group) is 1. The van der Waals surface area contributed by atoms with E-state index in [1.165, 1.54) is 0 Å². The van der Waals surface area contributed by atoms with Gasteiger partial charge < -0.3 is 14.9 Å². The Kier molecular flexibility index (Phi) is 4.45. The Labute approximate surface area is 114 Å². The zero-order valence-corrected chi connectivity index (χ0v) is 11.8. The maximum atomic E-state index is 12.6. The number of carboxylic acids is 1. The van der Waals surface area contributed by atoms with E-state index in [0.717, 1.165) is 39.0 Å². The van der Waals surface area contributed by atoms with Crippen molar-refractivity contribution >= 4 is 11.9 Å². The third-order valence-corrected chi connectivity index (χ3v) is 4.46. The van der Waals surface area contributed by atoms with Gasteiger partial charge >= 0.3 is 5.97 Å². The highest BCUT2D eigenvalue weighted by Crippen LogP contribution is 2.37. The van der Waals surface area contributed by atoms with Crippen LogP contribution in [-0.2, 0) is 9.59 Å². The molecule has 0 aromatic rings. The third-order valence-electron chi connectivity index (χ3n) is 4.46. The standard InChI is InChI=1S/C14H24N2O3/c1-10-8-11(12(9-10)14(18)19)13(17)16-5-3-4-15(2)6-7-16/h10-12H,3-9H2,1-2H3,(H,18,19)/t10?,11-,12+/m0/s1. The van der Waals surface area contributed by atoms with E-state index in [1.54, 1.807) is 0 Å². The molecule has 0 aromatic heterocycles. The van der Waals surface area contributed by atoms with Crippen molar-refractivity contribution < 1.29 is 14.7 Å². The first-order valence-electron chi connectivity index (χ1n) is 7.19. The predicted octanol–water partition coefficient (Wildman–Crippen LogP) is 0.897. The van der Waals surface area contributed by atoms with E-state index in [9.17, 15) is 14.7 Å². The number of rotatable bonds is 2. The molecule has 0 radical (unpaired) electrons. The van der Waals surface area contributed by atoms with Gasteiger partial charge in [-0.2, -0.15) is 0 Å². The molecule has 1 saturated carbocycles. The molecule has 1 saturated heterocycles. The monoisotopic (exact) mass is 268 g/mol. The fraction of sp³-hybridized carbons (Fsp3) is 0.857. The molecule has 1 aliphatic carbocycles. The lowest BCUT2D eigenvalue weighted by Crippen LogP contribution is -2.41. The summed E-state index contributed by atoms with van der Waals surface area (Å²) in [7, 11) is 2.06. The maximum absolute atomic E-state index is 12.6. The van der Waals surface area contributed by atoms with E-state index < -0.39 is 11.9 Å². The van der Waals surface area contributed by atoms with Gasteiger partial charge in [-0.05, 0) is 38.8 Å². The highest BCUT2D eigenvalue weighted by Gasteiger charge is 2.42. The molecule has 2 rings (SSSR count). The van der Waals surface area contributed by atoms with Crippen LogP contribution in [0.5, 0.6) is 0 Å². The molecule has 1 aliphatic heterocycles. The molecule has 0 bridgehead atoms. The second-order valence-corrected chi connectivity index (χ2v) is 6.11. The highest BCUT2D eigenvalue weighted by molar-refractivity contribution is 5.85. The Hall–Kier alpha value is -1.10. The molecule has 2 fully saturated rings. The van der Waals surface area contributed by atoms with Crippen LogP contribution in [0.1, 0.15) is 26.2 Å². The van der Waals surface area contributed by atoms with Gasteiger partial charge in [0.25, 0.3) is 0 Å². The zero-order valence-electron chi connectivity index (χ0n) is 11.8. The number of amides is 1. The van der Waals surface area contributed by atoms with Crippen molar-refractivity contribution in [2.75, 3.05) is 33.2 Å². The van der Waals surface area contributed by atoms with Gasteiger partial charge in [-0.25, -0.2) is 0 Å². The summed E-state index contributed by atoms with van der Waals surface area (Å²) in [6.07, 6.45) is 2.34. The van der Waals surface area contributed by atoms with E-state index in [-0.39, 0.29) is 11.8 Å². The molecule has 5 nitrogen and oxygen atoms in total. The van der Waals surface area contributed by atoms with Crippen LogP contribution in [0.15, 0.2) is 0 Å². The summed E-state index contributed by atoms with van der Waals surface area (Å²) >= 11 is 0. The summed E-state index contributed by atoms with van der Waals surface area (Å²) in [4.78, 5) is 27.9. The van der Waals surface area contributed by atoms with Crippen molar-refractivity contribution in [3.8, 4) is 0 Å². The van der Waals surface area contributed by atoms with Crippen molar-refractivity contribution in [2.45, 2.75) is 26.2 Å². The Balaban J connectivity index is 2.03. The number of hydrogen-bond acceptors (Lipinski definition) is 3. The molecule has 1 heterocycles. The minimum absolute atomic E-state index is 0.0621. The normalized spacial score (nSPS) is 33.2. The highest BCUT2D eigenvalue weighted by atomic mass is 16.4. The minimum Gasteiger partial charge on any atom is -0.481 e. The van der Waals surface area contributed by atoms with Crippen LogP contribution in [0.3, 0.4) is 0 Å². The lowest BCUT2D eigenvalue weighted by atomic mass is 9.94. The Morgan fingerprint density at radius 3 is 2.42 bits per heavy atom. The summed E-state index contributed by atoms with van der Waals surface area (Å²) < 4.78 is 0.